The second kappa shape index (κ2) is 7.27. The zero-order valence-corrected chi connectivity index (χ0v) is 15.2. The molecule has 1 saturated heterocycles. The molecule has 24 heavy (non-hydrogen) atoms. The average Bonchev–Trinajstić information content (AvgIpc) is 3.00. The van der Waals surface area contributed by atoms with E-state index in [0.29, 0.717) is 12.1 Å². The molecule has 7 heteroatoms. The van der Waals surface area contributed by atoms with Crippen molar-refractivity contribution in [3.63, 3.8) is 0 Å². The first-order valence-electron chi connectivity index (χ1n) is 8.09. The quantitative estimate of drug-likeness (QED) is 0.847. The number of carbonyl (C=O) groups excluding carboxylic acids is 1. The molecule has 2 aromatic heterocycles. The second-order valence-corrected chi connectivity index (χ2v) is 7.52. The van der Waals surface area contributed by atoms with Crippen molar-refractivity contribution in [2.45, 2.75) is 13.5 Å². The van der Waals surface area contributed by atoms with Crippen LogP contribution in [0.15, 0.2) is 24.5 Å². The molecule has 0 saturated carbocycles. The molecular formula is C17H23N5OS. The van der Waals surface area contributed by atoms with Gasteiger partial charge in [0.25, 0.3) is 5.91 Å². The summed E-state index contributed by atoms with van der Waals surface area (Å²) >= 11 is 1.62. The predicted molar refractivity (Wildman–Crippen MR) is 96.6 cm³/mol. The number of piperazine rings is 1. The molecule has 2 aromatic rings. The number of rotatable bonds is 4. The van der Waals surface area contributed by atoms with Gasteiger partial charge in [-0.15, -0.1) is 11.3 Å². The molecule has 1 fully saturated rings. The van der Waals surface area contributed by atoms with Gasteiger partial charge in [0.15, 0.2) is 0 Å². The lowest BCUT2D eigenvalue weighted by Crippen LogP contribution is -2.44. The first kappa shape index (κ1) is 16.9. The number of aromatic nitrogens is 2. The predicted octanol–water partition coefficient (Wildman–Crippen LogP) is 1.87. The highest BCUT2D eigenvalue weighted by Gasteiger charge is 2.18. The summed E-state index contributed by atoms with van der Waals surface area (Å²) in [5, 5.41) is 1.02. The van der Waals surface area contributed by atoms with Crippen molar-refractivity contribution < 1.29 is 4.79 Å². The molecule has 1 aliphatic rings. The van der Waals surface area contributed by atoms with E-state index in [2.05, 4.69) is 26.8 Å². The number of anilines is 1. The van der Waals surface area contributed by atoms with Crippen LogP contribution < -0.4 is 4.90 Å². The standard InChI is InChI=1S/C17H23N5OS/c1-13-19-11-15(24-13)12-21(3)17(23)14-4-5-18-16(10-14)22-8-6-20(2)7-9-22/h4-5,10-11H,6-9,12H2,1-3H3. The van der Waals surface area contributed by atoms with Crippen molar-refractivity contribution in [1.29, 1.82) is 0 Å². The number of hydrogen-bond donors (Lipinski definition) is 0. The largest absolute Gasteiger partial charge is 0.354 e. The van der Waals surface area contributed by atoms with Crippen molar-refractivity contribution in [3.05, 3.63) is 40.0 Å². The number of nitrogens with zero attached hydrogens (tertiary/aromatic N) is 5. The monoisotopic (exact) mass is 345 g/mol. The molecule has 0 aliphatic carbocycles. The minimum Gasteiger partial charge on any atom is -0.354 e. The maximum Gasteiger partial charge on any atom is 0.254 e. The summed E-state index contributed by atoms with van der Waals surface area (Å²) in [6.07, 6.45) is 3.57. The molecule has 3 heterocycles. The van der Waals surface area contributed by atoms with Crippen LogP contribution in [0.3, 0.4) is 0 Å². The molecule has 3 rings (SSSR count). The lowest BCUT2D eigenvalue weighted by molar-refractivity contribution is 0.0786. The van der Waals surface area contributed by atoms with Crippen LogP contribution in [-0.4, -0.2) is 65.9 Å². The fourth-order valence-corrected chi connectivity index (χ4v) is 3.61. The number of pyridine rings is 1. The van der Waals surface area contributed by atoms with Crippen LogP contribution >= 0.6 is 11.3 Å². The molecule has 1 aliphatic heterocycles. The summed E-state index contributed by atoms with van der Waals surface area (Å²) < 4.78 is 0. The van der Waals surface area contributed by atoms with Gasteiger partial charge in [-0.25, -0.2) is 9.97 Å². The smallest absolute Gasteiger partial charge is 0.254 e. The van der Waals surface area contributed by atoms with E-state index in [9.17, 15) is 4.79 Å². The van der Waals surface area contributed by atoms with E-state index in [-0.39, 0.29) is 5.91 Å². The van der Waals surface area contributed by atoms with Crippen molar-refractivity contribution in [2.75, 3.05) is 45.2 Å². The summed E-state index contributed by atoms with van der Waals surface area (Å²) in [7, 11) is 3.95. The Bertz CT molecular complexity index is 709. The molecule has 6 nitrogen and oxygen atoms in total. The van der Waals surface area contributed by atoms with E-state index < -0.39 is 0 Å². The highest BCUT2D eigenvalue weighted by atomic mass is 32.1. The summed E-state index contributed by atoms with van der Waals surface area (Å²) in [5.41, 5.74) is 0.683. The van der Waals surface area contributed by atoms with Crippen molar-refractivity contribution in [2.24, 2.45) is 0 Å². The molecule has 0 unspecified atom stereocenters. The number of amides is 1. The number of hydrogen-bond acceptors (Lipinski definition) is 6. The zero-order chi connectivity index (χ0) is 17.1. The van der Waals surface area contributed by atoms with Gasteiger partial charge >= 0.3 is 0 Å². The molecule has 0 atom stereocenters. The summed E-state index contributed by atoms with van der Waals surface area (Å²) in [6, 6.07) is 3.69. The van der Waals surface area contributed by atoms with Crippen LogP contribution in [-0.2, 0) is 6.54 Å². The summed E-state index contributed by atoms with van der Waals surface area (Å²) in [5.74, 6) is 0.898. The zero-order valence-electron chi connectivity index (χ0n) is 14.4. The number of thiazole rings is 1. The van der Waals surface area contributed by atoms with Crippen LogP contribution in [0.2, 0.25) is 0 Å². The first-order valence-corrected chi connectivity index (χ1v) is 8.91. The Balaban J connectivity index is 1.69. The van der Waals surface area contributed by atoms with Gasteiger partial charge in [-0.2, -0.15) is 0 Å². The Morgan fingerprint density at radius 3 is 2.71 bits per heavy atom. The molecule has 0 spiro atoms. The Labute approximate surface area is 146 Å². The second-order valence-electron chi connectivity index (χ2n) is 6.20. The number of likely N-dealkylation sites (N-methyl/N-ethyl adjacent to an activating group) is 1. The fourth-order valence-electron chi connectivity index (χ4n) is 2.76. The van der Waals surface area contributed by atoms with Gasteiger partial charge < -0.3 is 14.7 Å². The fraction of sp³-hybridized carbons (Fsp3) is 0.471. The topological polar surface area (TPSA) is 52.6 Å². The summed E-state index contributed by atoms with van der Waals surface area (Å²) in [6.45, 7) is 6.47. The minimum atomic E-state index is 0.0128. The molecule has 0 N–H and O–H groups in total. The van der Waals surface area contributed by atoms with Gasteiger partial charge in [0.1, 0.15) is 5.82 Å². The van der Waals surface area contributed by atoms with Gasteiger partial charge in [-0.3, -0.25) is 4.79 Å². The molecule has 128 valence electrons. The third kappa shape index (κ3) is 3.91. The van der Waals surface area contributed by atoms with Crippen LogP contribution in [0.1, 0.15) is 20.2 Å². The molecule has 0 bridgehead atoms. The van der Waals surface area contributed by atoms with E-state index in [0.717, 1.165) is 41.9 Å². The number of aryl methyl sites for hydroxylation is 1. The van der Waals surface area contributed by atoms with Gasteiger partial charge in [0.2, 0.25) is 0 Å². The Morgan fingerprint density at radius 2 is 2.04 bits per heavy atom. The van der Waals surface area contributed by atoms with E-state index in [1.807, 2.05) is 26.2 Å². The van der Waals surface area contributed by atoms with Gasteiger partial charge in [-0.05, 0) is 26.1 Å². The molecule has 1 amide bonds. The lowest BCUT2D eigenvalue weighted by atomic mass is 10.2. The maximum absolute atomic E-state index is 12.7. The first-order chi connectivity index (χ1) is 11.5. The van der Waals surface area contributed by atoms with Crippen molar-refractivity contribution in [1.82, 2.24) is 19.8 Å². The average molecular weight is 345 g/mol. The lowest BCUT2D eigenvalue weighted by Gasteiger charge is -2.33. The SMILES string of the molecule is Cc1ncc(CN(C)C(=O)c2ccnc(N3CCN(C)CC3)c2)s1. The Morgan fingerprint density at radius 1 is 1.29 bits per heavy atom. The third-order valence-electron chi connectivity index (χ3n) is 4.23. The minimum absolute atomic E-state index is 0.0128. The van der Waals surface area contributed by atoms with E-state index in [4.69, 9.17) is 0 Å². The molecule has 0 aromatic carbocycles. The molecule has 0 radical (unpaired) electrons. The third-order valence-corrected chi connectivity index (χ3v) is 5.13. The van der Waals surface area contributed by atoms with Crippen molar-refractivity contribution >= 4 is 23.1 Å². The van der Waals surface area contributed by atoms with E-state index in [1.54, 1.807) is 28.5 Å². The van der Waals surface area contributed by atoms with Crippen LogP contribution in [0.4, 0.5) is 5.82 Å². The van der Waals surface area contributed by atoms with Crippen molar-refractivity contribution in [3.8, 4) is 0 Å². The Hall–Kier alpha value is -1.99. The van der Waals surface area contributed by atoms with E-state index >= 15 is 0 Å². The Kier molecular flexibility index (Phi) is 5.11. The maximum atomic E-state index is 12.7. The van der Waals surface area contributed by atoms with E-state index in [1.165, 1.54) is 0 Å². The van der Waals surface area contributed by atoms with Gasteiger partial charge in [0.05, 0.1) is 11.6 Å². The normalized spacial score (nSPS) is 15.5. The van der Waals surface area contributed by atoms with Crippen LogP contribution in [0.25, 0.3) is 0 Å². The molecular weight excluding hydrogens is 322 g/mol. The van der Waals surface area contributed by atoms with Crippen LogP contribution in [0.5, 0.6) is 0 Å². The number of carbonyl (C=O) groups is 1. The van der Waals surface area contributed by atoms with Gasteiger partial charge in [-0.1, -0.05) is 0 Å². The highest BCUT2D eigenvalue weighted by Crippen LogP contribution is 2.18. The highest BCUT2D eigenvalue weighted by molar-refractivity contribution is 7.11. The van der Waals surface area contributed by atoms with Gasteiger partial charge in [0, 0.05) is 56.1 Å². The van der Waals surface area contributed by atoms with Crippen LogP contribution in [0, 0.1) is 6.92 Å². The summed E-state index contributed by atoms with van der Waals surface area (Å²) in [4.78, 5) is 28.8.